The number of carboxylic acids is 1. The molecule has 0 radical (unpaired) electrons. The van der Waals surface area contributed by atoms with Crippen molar-refractivity contribution in [3.05, 3.63) is 35.9 Å². The summed E-state index contributed by atoms with van der Waals surface area (Å²) in [6.07, 6.45) is 1.16. The number of nitrogens with zero attached hydrogens (tertiary/aromatic N) is 1. The van der Waals surface area contributed by atoms with E-state index in [2.05, 4.69) is 10.6 Å². The number of aliphatic carboxylic acids is 1. The van der Waals surface area contributed by atoms with E-state index in [1.807, 2.05) is 30.3 Å². The zero-order valence-corrected chi connectivity index (χ0v) is 15.9. The molecule has 158 valence electrons. The Balaban J connectivity index is 1.82. The van der Waals surface area contributed by atoms with Crippen LogP contribution in [0, 0.1) is 0 Å². The van der Waals surface area contributed by atoms with Gasteiger partial charge in [0.25, 0.3) is 0 Å². The zero-order chi connectivity index (χ0) is 21.4. The van der Waals surface area contributed by atoms with E-state index in [1.54, 1.807) is 0 Å². The van der Waals surface area contributed by atoms with Crippen LogP contribution in [0.1, 0.15) is 18.4 Å². The number of aliphatic hydroxyl groups is 1. The minimum Gasteiger partial charge on any atom is -0.480 e. The number of aliphatic hydroxyl groups excluding tert-OH is 1. The number of likely N-dealkylation sites (tertiary alicyclic amines) is 1. The highest BCUT2D eigenvalue weighted by Crippen LogP contribution is 2.18. The smallest absolute Gasteiger partial charge is 0.326 e. The molecular formula is C19H26N4O6. The Bertz CT molecular complexity index is 741. The molecule has 0 bridgehead atoms. The molecule has 0 aromatic heterocycles. The van der Waals surface area contributed by atoms with Gasteiger partial charge in [0, 0.05) is 6.54 Å². The molecule has 1 aliphatic rings. The van der Waals surface area contributed by atoms with Crippen LogP contribution >= 0.6 is 0 Å². The average molecular weight is 406 g/mol. The van der Waals surface area contributed by atoms with Crippen molar-refractivity contribution in [1.82, 2.24) is 15.5 Å². The number of carbonyl (C=O) groups is 4. The van der Waals surface area contributed by atoms with Crippen molar-refractivity contribution in [3.63, 3.8) is 0 Å². The topological polar surface area (TPSA) is 162 Å². The second-order valence-corrected chi connectivity index (χ2v) is 6.84. The Hall–Kier alpha value is -2.98. The number of carbonyl (C=O) groups excluding carboxylic acids is 3. The van der Waals surface area contributed by atoms with Crippen molar-refractivity contribution in [1.29, 1.82) is 0 Å². The SMILES string of the molecule is NC(Cc1ccccc1)C(=O)NCC(=O)NC(CO)C(=O)N1CCCC1C(=O)O. The van der Waals surface area contributed by atoms with Gasteiger partial charge >= 0.3 is 5.97 Å². The second-order valence-electron chi connectivity index (χ2n) is 6.84. The summed E-state index contributed by atoms with van der Waals surface area (Å²) in [6, 6.07) is 6.07. The molecule has 1 fully saturated rings. The van der Waals surface area contributed by atoms with Gasteiger partial charge in [0.05, 0.1) is 19.2 Å². The van der Waals surface area contributed by atoms with Crippen LogP contribution in [0.15, 0.2) is 30.3 Å². The van der Waals surface area contributed by atoms with Gasteiger partial charge in [0.1, 0.15) is 12.1 Å². The highest BCUT2D eigenvalue weighted by molar-refractivity contribution is 5.92. The van der Waals surface area contributed by atoms with Crippen LogP contribution in [0.25, 0.3) is 0 Å². The van der Waals surface area contributed by atoms with E-state index in [-0.39, 0.29) is 6.54 Å². The lowest BCUT2D eigenvalue weighted by Gasteiger charge is -2.26. The summed E-state index contributed by atoms with van der Waals surface area (Å²) in [5, 5.41) is 23.3. The number of hydrogen-bond acceptors (Lipinski definition) is 6. The van der Waals surface area contributed by atoms with Crippen LogP contribution in [-0.2, 0) is 25.6 Å². The monoisotopic (exact) mass is 406 g/mol. The molecule has 10 heteroatoms. The highest BCUT2D eigenvalue weighted by Gasteiger charge is 2.37. The minimum absolute atomic E-state index is 0.243. The number of carboxylic acid groups (broad SMARTS) is 1. The predicted molar refractivity (Wildman–Crippen MR) is 103 cm³/mol. The summed E-state index contributed by atoms with van der Waals surface area (Å²) in [4.78, 5) is 48.9. The molecule has 2 rings (SSSR count). The number of amides is 3. The average Bonchev–Trinajstić information content (AvgIpc) is 3.20. The van der Waals surface area contributed by atoms with Gasteiger partial charge in [-0.25, -0.2) is 4.79 Å². The van der Waals surface area contributed by atoms with E-state index in [1.165, 1.54) is 0 Å². The van der Waals surface area contributed by atoms with Gasteiger partial charge in [-0.1, -0.05) is 30.3 Å². The molecule has 1 heterocycles. The number of hydrogen-bond donors (Lipinski definition) is 5. The Morgan fingerprint density at radius 1 is 1.21 bits per heavy atom. The molecule has 3 unspecified atom stereocenters. The van der Waals surface area contributed by atoms with Crippen LogP contribution in [0.5, 0.6) is 0 Å². The second kappa shape index (κ2) is 10.5. The van der Waals surface area contributed by atoms with Gasteiger partial charge in [0.2, 0.25) is 17.7 Å². The maximum atomic E-state index is 12.5. The van der Waals surface area contributed by atoms with E-state index in [0.29, 0.717) is 19.3 Å². The number of nitrogens with one attached hydrogen (secondary N) is 2. The van der Waals surface area contributed by atoms with Gasteiger partial charge in [-0.05, 0) is 24.8 Å². The van der Waals surface area contributed by atoms with E-state index in [9.17, 15) is 24.3 Å². The first-order valence-corrected chi connectivity index (χ1v) is 9.34. The molecule has 1 aromatic rings. The number of nitrogens with two attached hydrogens (primary N) is 1. The molecule has 0 spiro atoms. The molecule has 6 N–H and O–H groups in total. The molecule has 29 heavy (non-hydrogen) atoms. The lowest BCUT2D eigenvalue weighted by atomic mass is 10.1. The molecule has 3 atom stereocenters. The Labute approximate surface area is 168 Å². The molecule has 1 aromatic carbocycles. The molecule has 0 saturated carbocycles. The van der Waals surface area contributed by atoms with Crippen LogP contribution in [0.3, 0.4) is 0 Å². The normalized spacial score (nSPS) is 18.0. The fourth-order valence-electron chi connectivity index (χ4n) is 3.18. The van der Waals surface area contributed by atoms with Gasteiger partial charge in [-0.15, -0.1) is 0 Å². The summed E-state index contributed by atoms with van der Waals surface area (Å²) >= 11 is 0. The predicted octanol–water partition coefficient (Wildman–Crippen LogP) is -1.77. The first kappa shape index (κ1) is 22.3. The molecule has 10 nitrogen and oxygen atoms in total. The Morgan fingerprint density at radius 3 is 2.52 bits per heavy atom. The highest BCUT2D eigenvalue weighted by atomic mass is 16.4. The quantitative estimate of drug-likeness (QED) is 0.324. The molecule has 3 amide bonds. The summed E-state index contributed by atoms with van der Waals surface area (Å²) in [7, 11) is 0. The summed E-state index contributed by atoms with van der Waals surface area (Å²) in [6.45, 7) is -0.865. The lowest BCUT2D eigenvalue weighted by Crippen LogP contribution is -2.55. The van der Waals surface area contributed by atoms with E-state index in [0.717, 1.165) is 10.5 Å². The van der Waals surface area contributed by atoms with Gasteiger partial charge in [-0.3, -0.25) is 14.4 Å². The fraction of sp³-hybridized carbons (Fsp3) is 0.474. The third-order valence-electron chi connectivity index (χ3n) is 4.70. The Morgan fingerprint density at radius 2 is 1.90 bits per heavy atom. The van der Waals surface area contributed by atoms with Crippen molar-refractivity contribution in [2.45, 2.75) is 37.4 Å². The van der Waals surface area contributed by atoms with Crippen LogP contribution < -0.4 is 16.4 Å². The zero-order valence-electron chi connectivity index (χ0n) is 15.9. The number of rotatable bonds is 9. The van der Waals surface area contributed by atoms with Crippen molar-refractivity contribution < 1.29 is 29.4 Å². The maximum absolute atomic E-state index is 12.5. The molecule has 0 aliphatic carbocycles. The molecule has 1 aliphatic heterocycles. The van der Waals surface area contributed by atoms with Crippen LogP contribution in [0.4, 0.5) is 0 Å². The summed E-state index contributed by atoms with van der Waals surface area (Å²) in [5.74, 6) is -3.01. The molecular weight excluding hydrogens is 380 g/mol. The lowest BCUT2D eigenvalue weighted by molar-refractivity contribution is -0.149. The van der Waals surface area contributed by atoms with Crippen LogP contribution in [-0.4, -0.2) is 76.6 Å². The Kier molecular flexibility index (Phi) is 8.10. The van der Waals surface area contributed by atoms with Gasteiger partial charge in [0.15, 0.2) is 0 Å². The van der Waals surface area contributed by atoms with Crippen molar-refractivity contribution in [2.75, 3.05) is 19.7 Å². The molecule has 1 saturated heterocycles. The summed E-state index contributed by atoms with van der Waals surface area (Å²) in [5.41, 5.74) is 6.72. The largest absolute Gasteiger partial charge is 0.480 e. The van der Waals surface area contributed by atoms with Gasteiger partial charge in [-0.2, -0.15) is 0 Å². The van der Waals surface area contributed by atoms with Crippen LogP contribution in [0.2, 0.25) is 0 Å². The summed E-state index contributed by atoms with van der Waals surface area (Å²) < 4.78 is 0. The maximum Gasteiger partial charge on any atom is 0.326 e. The van der Waals surface area contributed by atoms with Gasteiger partial charge < -0.3 is 31.5 Å². The first-order valence-electron chi connectivity index (χ1n) is 9.34. The third kappa shape index (κ3) is 6.26. The fourth-order valence-corrected chi connectivity index (χ4v) is 3.18. The van der Waals surface area contributed by atoms with Crippen molar-refractivity contribution >= 4 is 23.7 Å². The van der Waals surface area contributed by atoms with E-state index < -0.39 is 55.0 Å². The number of benzene rings is 1. The van der Waals surface area contributed by atoms with E-state index in [4.69, 9.17) is 10.8 Å². The minimum atomic E-state index is -1.28. The third-order valence-corrected chi connectivity index (χ3v) is 4.70. The van der Waals surface area contributed by atoms with E-state index >= 15 is 0 Å². The first-order chi connectivity index (χ1) is 13.8. The standard InChI is InChI=1S/C19H26N4O6/c20-13(9-12-5-2-1-3-6-12)17(26)21-10-16(25)22-14(11-24)18(27)23-8-4-7-15(23)19(28)29/h1-3,5-6,13-15,24H,4,7-11,20H2,(H,21,26)(H,22,25)(H,28,29). The van der Waals surface area contributed by atoms with Crippen molar-refractivity contribution in [3.8, 4) is 0 Å². The van der Waals surface area contributed by atoms with Crippen molar-refractivity contribution in [2.24, 2.45) is 5.73 Å².